The number of amides is 1. The van der Waals surface area contributed by atoms with E-state index >= 15 is 0 Å². The smallest absolute Gasteiger partial charge is 0.265 e. The minimum Gasteiger partial charge on any atom is -0.382 e. The number of rotatable bonds is 8. The Morgan fingerprint density at radius 3 is 2.81 bits per heavy atom. The van der Waals surface area contributed by atoms with Crippen LogP contribution >= 0.6 is 11.3 Å². The van der Waals surface area contributed by atoms with Crippen LogP contribution in [-0.2, 0) is 4.74 Å². The summed E-state index contributed by atoms with van der Waals surface area (Å²) in [5, 5.41) is 6.98. The fraction of sp³-hybridized carbons (Fsp3) is 0.714. The first-order chi connectivity index (χ1) is 10.0. The molecular weight excluding hydrogens is 288 g/mol. The maximum absolute atomic E-state index is 12.4. The van der Waals surface area contributed by atoms with Gasteiger partial charge in [0.15, 0.2) is 5.13 Å². The van der Waals surface area contributed by atoms with Gasteiger partial charge in [0.2, 0.25) is 0 Å². The predicted octanol–water partition coefficient (Wildman–Crippen LogP) is 2.09. The van der Waals surface area contributed by atoms with Crippen LogP contribution in [0.15, 0.2) is 0 Å². The first-order valence-electron chi connectivity index (χ1n) is 7.42. The third-order valence-corrected chi connectivity index (χ3v) is 4.39. The lowest BCUT2D eigenvalue weighted by Crippen LogP contribution is -2.41. The van der Waals surface area contributed by atoms with Gasteiger partial charge >= 0.3 is 0 Å². The van der Waals surface area contributed by atoms with E-state index in [4.69, 9.17) is 10.5 Å². The summed E-state index contributed by atoms with van der Waals surface area (Å²) in [6.45, 7) is 7.19. The largest absolute Gasteiger partial charge is 0.382 e. The van der Waals surface area contributed by atoms with Crippen molar-refractivity contribution in [2.75, 3.05) is 24.3 Å². The van der Waals surface area contributed by atoms with Crippen LogP contribution in [0.25, 0.3) is 0 Å². The van der Waals surface area contributed by atoms with E-state index in [0.29, 0.717) is 35.9 Å². The number of ether oxygens (including phenoxy) is 1. The number of carbonyl (C=O) groups excluding carboxylic acids is 1. The van der Waals surface area contributed by atoms with Gasteiger partial charge in [0.05, 0.1) is 12.6 Å². The molecule has 1 unspecified atom stereocenters. The van der Waals surface area contributed by atoms with Gasteiger partial charge in [0, 0.05) is 12.6 Å². The third kappa shape index (κ3) is 4.57. The van der Waals surface area contributed by atoms with Crippen LogP contribution in [0, 0.1) is 5.92 Å². The highest BCUT2D eigenvalue weighted by molar-refractivity contribution is 7.18. The third-order valence-electron chi connectivity index (χ3n) is 3.39. The summed E-state index contributed by atoms with van der Waals surface area (Å²) in [4.78, 5) is 17.0. The zero-order valence-electron chi connectivity index (χ0n) is 12.8. The van der Waals surface area contributed by atoms with Crippen molar-refractivity contribution >= 4 is 28.2 Å². The molecule has 7 heteroatoms. The van der Waals surface area contributed by atoms with Gasteiger partial charge in [-0.1, -0.05) is 25.2 Å². The highest BCUT2D eigenvalue weighted by Crippen LogP contribution is 2.30. The summed E-state index contributed by atoms with van der Waals surface area (Å²) >= 11 is 1.31. The van der Waals surface area contributed by atoms with Gasteiger partial charge in [-0.15, -0.1) is 0 Å². The van der Waals surface area contributed by atoms with E-state index in [9.17, 15) is 4.79 Å². The van der Waals surface area contributed by atoms with Crippen molar-refractivity contribution in [3.63, 3.8) is 0 Å². The molecule has 1 saturated carbocycles. The Bertz CT molecular complexity index is 485. The van der Waals surface area contributed by atoms with Crippen molar-refractivity contribution in [1.29, 1.82) is 0 Å². The van der Waals surface area contributed by atoms with E-state index in [1.165, 1.54) is 11.3 Å². The first kappa shape index (κ1) is 16.0. The highest BCUT2D eigenvalue weighted by atomic mass is 32.1. The van der Waals surface area contributed by atoms with Gasteiger partial charge in [0.25, 0.3) is 5.91 Å². The minimum absolute atomic E-state index is 0.0289. The molecule has 6 nitrogen and oxygen atoms in total. The maximum atomic E-state index is 12.4. The number of anilines is 2. The van der Waals surface area contributed by atoms with Crippen LogP contribution in [0.4, 0.5) is 10.9 Å². The number of hydrogen-bond acceptors (Lipinski definition) is 6. The zero-order valence-corrected chi connectivity index (χ0v) is 13.6. The lowest BCUT2D eigenvalue weighted by atomic mass is 10.1. The molecule has 1 atom stereocenters. The van der Waals surface area contributed by atoms with E-state index in [1.807, 2.05) is 6.92 Å². The molecular formula is C14H24N4O2S. The molecule has 1 heterocycles. The van der Waals surface area contributed by atoms with Crippen molar-refractivity contribution < 1.29 is 9.53 Å². The van der Waals surface area contributed by atoms with Crippen LogP contribution in [0.5, 0.6) is 0 Å². The van der Waals surface area contributed by atoms with Crippen LogP contribution < -0.4 is 16.4 Å². The van der Waals surface area contributed by atoms with Gasteiger partial charge in [0.1, 0.15) is 10.7 Å². The number of nitrogens with two attached hydrogens (primary N) is 1. The number of nitrogens with zero attached hydrogens (tertiary/aromatic N) is 1. The molecule has 0 aromatic carbocycles. The van der Waals surface area contributed by atoms with E-state index < -0.39 is 0 Å². The molecule has 2 rings (SSSR count). The predicted molar refractivity (Wildman–Crippen MR) is 85.8 cm³/mol. The molecule has 1 aromatic rings. The molecule has 0 aliphatic heterocycles. The molecule has 0 saturated heterocycles. The highest BCUT2D eigenvalue weighted by Gasteiger charge is 2.25. The Labute approximate surface area is 129 Å². The number of carbonyl (C=O) groups is 1. The fourth-order valence-corrected chi connectivity index (χ4v) is 2.70. The van der Waals surface area contributed by atoms with Crippen molar-refractivity contribution in [3.05, 3.63) is 4.88 Å². The molecule has 1 aliphatic rings. The van der Waals surface area contributed by atoms with Crippen LogP contribution in [0.3, 0.4) is 0 Å². The maximum Gasteiger partial charge on any atom is 0.265 e. The van der Waals surface area contributed by atoms with Gasteiger partial charge in [-0.25, -0.2) is 4.98 Å². The van der Waals surface area contributed by atoms with Crippen LogP contribution in [0.1, 0.15) is 43.3 Å². The Morgan fingerprint density at radius 2 is 2.24 bits per heavy atom. The van der Waals surface area contributed by atoms with Gasteiger partial charge in [-0.3, -0.25) is 4.79 Å². The zero-order chi connectivity index (χ0) is 15.4. The normalized spacial score (nSPS) is 16.0. The lowest BCUT2D eigenvalue weighted by Gasteiger charge is -2.21. The quantitative estimate of drug-likeness (QED) is 0.684. The second-order valence-corrected chi connectivity index (χ2v) is 6.63. The van der Waals surface area contributed by atoms with Crippen molar-refractivity contribution in [3.8, 4) is 0 Å². The molecule has 1 fully saturated rings. The molecule has 1 aliphatic carbocycles. The van der Waals surface area contributed by atoms with Gasteiger partial charge in [-0.05, 0) is 25.7 Å². The van der Waals surface area contributed by atoms with Gasteiger partial charge < -0.3 is 21.1 Å². The summed E-state index contributed by atoms with van der Waals surface area (Å²) in [5.41, 5.74) is 5.86. The van der Waals surface area contributed by atoms with Crippen LogP contribution in [-0.4, -0.2) is 36.2 Å². The molecule has 0 bridgehead atoms. The molecule has 118 valence electrons. The second-order valence-electron chi connectivity index (χ2n) is 5.64. The summed E-state index contributed by atoms with van der Waals surface area (Å²) in [7, 11) is 0. The Kier molecular flexibility index (Phi) is 5.41. The van der Waals surface area contributed by atoms with Crippen molar-refractivity contribution in [2.24, 2.45) is 5.92 Å². The summed E-state index contributed by atoms with van der Waals surface area (Å²) in [6, 6.07) is 0.464. The van der Waals surface area contributed by atoms with Crippen LogP contribution in [0.2, 0.25) is 0 Å². The van der Waals surface area contributed by atoms with E-state index in [2.05, 4.69) is 29.5 Å². The monoisotopic (exact) mass is 312 g/mol. The number of hydrogen-bond donors (Lipinski definition) is 3. The Morgan fingerprint density at radius 1 is 1.52 bits per heavy atom. The number of aromatic nitrogens is 1. The average molecular weight is 312 g/mol. The standard InChI is InChI=1S/C14H24N4O2S/c1-4-20-7-10(8(2)3)17-13(19)11-12(15)18-14(21-11)16-9-5-6-9/h8-10H,4-7,15H2,1-3H3,(H,16,18)(H,17,19). The molecule has 0 radical (unpaired) electrons. The Hall–Kier alpha value is -1.34. The average Bonchev–Trinajstić information content (AvgIpc) is 3.16. The first-order valence-corrected chi connectivity index (χ1v) is 8.24. The summed E-state index contributed by atoms with van der Waals surface area (Å²) < 4.78 is 5.42. The lowest BCUT2D eigenvalue weighted by molar-refractivity contribution is 0.0810. The number of nitrogens with one attached hydrogen (secondary N) is 2. The van der Waals surface area contributed by atoms with E-state index in [0.717, 1.165) is 18.0 Å². The van der Waals surface area contributed by atoms with Crippen molar-refractivity contribution in [1.82, 2.24) is 10.3 Å². The fourth-order valence-electron chi connectivity index (χ4n) is 1.84. The second kappa shape index (κ2) is 7.09. The van der Waals surface area contributed by atoms with Gasteiger partial charge in [-0.2, -0.15) is 0 Å². The molecule has 4 N–H and O–H groups in total. The Balaban J connectivity index is 1.98. The number of nitrogen functional groups attached to an aromatic ring is 1. The summed E-state index contributed by atoms with van der Waals surface area (Å²) in [5.74, 6) is 0.408. The van der Waals surface area contributed by atoms with E-state index in [1.54, 1.807) is 0 Å². The summed E-state index contributed by atoms with van der Waals surface area (Å²) in [6.07, 6.45) is 2.32. The molecule has 1 aromatic heterocycles. The molecule has 21 heavy (non-hydrogen) atoms. The molecule has 0 spiro atoms. The van der Waals surface area contributed by atoms with E-state index in [-0.39, 0.29) is 11.9 Å². The van der Waals surface area contributed by atoms with Crippen molar-refractivity contribution in [2.45, 2.75) is 45.7 Å². The number of thiazole rings is 1. The minimum atomic E-state index is -0.174. The SMILES string of the molecule is CCOCC(NC(=O)c1sc(NC2CC2)nc1N)C(C)C. The topological polar surface area (TPSA) is 89.3 Å². The molecule has 1 amide bonds.